The third-order valence-electron chi connectivity index (χ3n) is 2.48. The zero-order valence-corrected chi connectivity index (χ0v) is 9.81. The van der Waals surface area contributed by atoms with Crippen molar-refractivity contribution in [2.24, 2.45) is 5.73 Å². The van der Waals surface area contributed by atoms with Crippen LogP contribution in [0.1, 0.15) is 6.42 Å². The Hall–Kier alpha value is -1.59. The number of hydrogen-bond donors (Lipinski definition) is 2. The first-order chi connectivity index (χ1) is 8.13. The average Bonchev–Trinajstić information content (AvgIpc) is 2.30. The number of benzene rings is 1. The van der Waals surface area contributed by atoms with Gasteiger partial charge in [-0.3, -0.25) is 9.36 Å². The quantitative estimate of drug-likeness (QED) is 0.803. The highest BCUT2D eigenvalue weighted by Gasteiger charge is 2.09. The zero-order chi connectivity index (χ0) is 12.4. The van der Waals surface area contributed by atoms with Crippen molar-refractivity contribution in [1.29, 1.82) is 0 Å². The summed E-state index contributed by atoms with van der Waals surface area (Å²) < 4.78 is 1.36. The first-order valence-electron chi connectivity index (χ1n) is 5.22. The van der Waals surface area contributed by atoms with Gasteiger partial charge >= 0.3 is 0 Å². The summed E-state index contributed by atoms with van der Waals surface area (Å²) in [6.45, 7) is 0.896. The van der Waals surface area contributed by atoms with E-state index in [0.717, 1.165) is 0 Å². The summed E-state index contributed by atoms with van der Waals surface area (Å²) in [4.78, 5) is 16.2. The summed E-state index contributed by atoms with van der Waals surface area (Å²) in [5.41, 5.74) is 5.61. The van der Waals surface area contributed by atoms with Gasteiger partial charge in [0.05, 0.1) is 10.9 Å². The maximum Gasteiger partial charge on any atom is 0.262 e. The van der Waals surface area contributed by atoms with Crippen molar-refractivity contribution in [2.45, 2.75) is 13.0 Å². The number of rotatable bonds is 3. The van der Waals surface area contributed by atoms with Gasteiger partial charge < -0.3 is 10.8 Å². The zero-order valence-electron chi connectivity index (χ0n) is 9.06. The lowest BCUT2D eigenvalue weighted by Crippen LogP contribution is -2.23. The molecule has 0 radical (unpaired) electrons. The molecule has 3 N–H and O–H groups in total. The molecule has 0 aliphatic rings. The van der Waals surface area contributed by atoms with Gasteiger partial charge in [0, 0.05) is 6.54 Å². The summed E-state index contributed by atoms with van der Waals surface area (Å²) in [5.74, 6) is 0.0316. The molecule has 0 aliphatic carbocycles. The number of hydrogen-bond acceptors (Lipinski definition) is 4. The Labute approximate surface area is 102 Å². The summed E-state index contributed by atoms with van der Waals surface area (Å²) >= 11 is 5.93. The topological polar surface area (TPSA) is 81.1 Å². The lowest BCUT2D eigenvalue weighted by atomic mass is 10.2. The predicted octanol–water partition coefficient (Wildman–Crippen LogP) is 1.10. The number of aromatic nitrogens is 2. The smallest absolute Gasteiger partial charge is 0.262 e. The number of halogens is 1. The van der Waals surface area contributed by atoms with Gasteiger partial charge in [-0.2, -0.15) is 0 Å². The van der Waals surface area contributed by atoms with E-state index in [1.165, 1.54) is 16.7 Å². The molecule has 0 bridgehead atoms. The van der Waals surface area contributed by atoms with Crippen LogP contribution >= 0.6 is 11.6 Å². The van der Waals surface area contributed by atoms with Gasteiger partial charge in [0.15, 0.2) is 0 Å². The molecule has 1 aromatic heterocycles. The van der Waals surface area contributed by atoms with Crippen molar-refractivity contribution in [1.82, 2.24) is 9.55 Å². The van der Waals surface area contributed by atoms with E-state index < -0.39 is 0 Å². The fourth-order valence-corrected chi connectivity index (χ4v) is 1.88. The SMILES string of the molecule is NCCCn1c(Cl)nc2ccc(O)cc2c1=O. The van der Waals surface area contributed by atoms with Crippen molar-refractivity contribution in [3.05, 3.63) is 33.8 Å². The molecule has 6 heteroatoms. The molecule has 0 spiro atoms. The van der Waals surface area contributed by atoms with Crippen LogP contribution in [-0.2, 0) is 6.54 Å². The Kier molecular flexibility index (Phi) is 3.31. The van der Waals surface area contributed by atoms with Crippen LogP contribution in [0.2, 0.25) is 5.28 Å². The monoisotopic (exact) mass is 253 g/mol. The molecule has 0 saturated carbocycles. The molecular formula is C11H12ClN3O2. The summed E-state index contributed by atoms with van der Waals surface area (Å²) in [6, 6.07) is 4.42. The second kappa shape index (κ2) is 4.73. The van der Waals surface area contributed by atoms with Gasteiger partial charge in [-0.05, 0) is 42.8 Å². The van der Waals surface area contributed by atoms with Crippen LogP contribution in [-0.4, -0.2) is 21.2 Å². The van der Waals surface area contributed by atoms with Crippen LogP contribution in [0, 0.1) is 0 Å². The first kappa shape index (κ1) is 11.9. The molecule has 0 fully saturated rings. The molecule has 2 rings (SSSR count). The van der Waals surface area contributed by atoms with Crippen molar-refractivity contribution < 1.29 is 5.11 Å². The Morgan fingerprint density at radius 1 is 1.47 bits per heavy atom. The van der Waals surface area contributed by atoms with E-state index >= 15 is 0 Å². The maximum absolute atomic E-state index is 12.1. The molecule has 0 amide bonds. The number of phenolic OH excluding ortho intramolecular Hbond substituents is 1. The van der Waals surface area contributed by atoms with E-state index in [2.05, 4.69) is 4.98 Å². The van der Waals surface area contributed by atoms with E-state index in [1.54, 1.807) is 6.07 Å². The van der Waals surface area contributed by atoms with Crippen LogP contribution in [0.4, 0.5) is 0 Å². The number of phenols is 1. The van der Waals surface area contributed by atoms with Gasteiger partial charge in [-0.1, -0.05) is 0 Å². The molecule has 17 heavy (non-hydrogen) atoms. The normalized spacial score (nSPS) is 10.9. The van der Waals surface area contributed by atoms with Crippen molar-refractivity contribution in [3.63, 3.8) is 0 Å². The van der Waals surface area contributed by atoms with E-state index in [9.17, 15) is 9.90 Å². The van der Waals surface area contributed by atoms with Gasteiger partial charge in [-0.25, -0.2) is 4.98 Å². The predicted molar refractivity (Wildman–Crippen MR) is 66.3 cm³/mol. The molecule has 1 aromatic carbocycles. The number of aromatic hydroxyl groups is 1. The Balaban J connectivity index is 2.65. The first-order valence-corrected chi connectivity index (χ1v) is 5.60. The number of fused-ring (bicyclic) bond motifs is 1. The van der Waals surface area contributed by atoms with E-state index in [4.69, 9.17) is 17.3 Å². The summed E-state index contributed by atoms with van der Waals surface area (Å²) in [7, 11) is 0. The van der Waals surface area contributed by atoms with E-state index in [-0.39, 0.29) is 16.6 Å². The molecule has 0 aliphatic heterocycles. The molecule has 90 valence electrons. The number of nitrogens with zero attached hydrogens (tertiary/aromatic N) is 2. The second-order valence-corrected chi connectivity index (χ2v) is 4.02. The van der Waals surface area contributed by atoms with Gasteiger partial charge in [0.1, 0.15) is 5.75 Å². The summed E-state index contributed by atoms with van der Waals surface area (Å²) in [6.07, 6.45) is 0.644. The number of nitrogens with two attached hydrogens (primary N) is 1. The van der Waals surface area contributed by atoms with Crippen LogP contribution in [0.25, 0.3) is 10.9 Å². The van der Waals surface area contributed by atoms with Crippen molar-refractivity contribution in [3.8, 4) is 5.75 Å². The molecule has 2 aromatic rings. The highest BCUT2D eigenvalue weighted by atomic mass is 35.5. The fraction of sp³-hybridized carbons (Fsp3) is 0.273. The fourth-order valence-electron chi connectivity index (χ4n) is 1.62. The maximum atomic E-state index is 12.1. The minimum absolute atomic E-state index is 0.0316. The third kappa shape index (κ3) is 2.25. The lowest BCUT2D eigenvalue weighted by Gasteiger charge is -2.08. The molecule has 0 unspecified atom stereocenters. The Morgan fingerprint density at radius 3 is 2.94 bits per heavy atom. The highest BCUT2D eigenvalue weighted by Crippen LogP contribution is 2.17. The molecular weight excluding hydrogens is 242 g/mol. The Bertz CT molecular complexity index is 609. The van der Waals surface area contributed by atoms with Crippen molar-refractivity contribution >= 4 is 22.5 Å². The van der Waals surface area contributed by atoms with Gasteiger partial charge in [0.25, 0.3) is 5.56 Å². The minimum Gasteiger partial charge on any atom is -0.508 e. The standard InChI is InChI=1S/C11H12ClN3O2/c12-11-14-9-3-2-7(16)6-8(9)10(17)15(11)5-1-4-13/h2-3,6,16H,1,4-5,13H2. The van der Waals surface area contributed by atoms with E-state index in [1.807, 2.05) is 0 Å². The van der Waals surface area contributed by atoms with Crippen molar-refractivity contribution in [2.75, 3.05) is 6.54 Å². The Morgan fingerprint density at radius 2 is 2.24 bits per heavy atom. The largest absolute Gasteiger partial charge is 0.508 e. The summed E-state index contributed by atoms with van der Waals surface area (Å²) in [5, 5.41) is 9.86. The molecule has 5 nitrogen and oxygen atoms in total. The van der Waals surface area contributed by atoms with Crippen LogP contribution in [0.5, 0.6) is 5.75 Å². The van der Waals surface area contributed by atoms with Gasteiger partial charge in [0.2, 0.25) is 5.28 Å². The second-order valence-electron chi connectivity index (χ2n) is 3.68. The van der Waals surface area contributed by atoms with Gasteiger partial charge in [-0.15, -0.1) is 0 Å². The average molecular weight is 254 g/mol. The lowest BCUT2D eigenvalue weighted by molar-refractivity contribution is 0.476. The molecule has 0 saturated heterocycles. The molecule has 0 atom stereocenters. The van der Waals surface area contributed by atoms with E-state index in [0.29, 0.717) is 30.4 Å². The van der Waals surface area contributed by atoms with Crippen LogP contribution < -0.4 is 11.3 Å². The minimum atomic E-state index is -0.260. The molecule has 1 heterocycles. The van der Waals surface area contributed by atoms with Crippen LogP contribution in [0.3, 0.4) is 0 Å². The highest BCUT2D eigenvalue weighted by molar-refractivity contribution is 6.28. The third-order valence-corrected chi connectivity index (χ3v) is 2.77. The van der Waals surface area contributed by atoms with Crippen LogP contribution in [0.15, 0.2) is 23.0 Å².